The first-order chi connectivity index (χ1) is 12.9. The van der Waals surface area contributed by atoms with Crippen LogP contribution in [-0.4, -0.2) is 50.8 Å². The minimum atomic E-state index is -4.56. The van der Waals surface area contributed by atoms with Crippen molar-refractivity contribution in [2.45, 2.75) is 44.2 Å². The molecule has 0 bridgehead atoms. The third-order valence-corrected chi connectivity index (χ3v) is 6.39. The molecule has 0 aromatic heterocycles. The smallest absolute Gasteiger partial charge is 0.419 e. The zero-order chi connectivity index (χ0) is 21.1. The molecule has 158 valence electrons. The molecule has 0 unspecified atom stereocenters. The number of amides is 2. The number of alkyl halides is 3. The molecule has 28 heavy (non-hydrogen) atoms. The van der Waals surface area contributed by atoms with Crippen LogP contribution in [0.4, 0.5) is 23.7 Å². The van der Waals surface area contributed by atoms with Gasteiger partial charge in [-0.2, -0.15) is 13.2 Å². The summed E-state index contributed by atoms with van der Waals surface area (Å²) in [4.78, 5) is 13.9. The number of sulfonamides is 1. The average molecular weight is 423 g/mol. The second kappa shape index (κ2) is 8.56. The van der Waals surface area contributed by atoms with E-state index in [1.54, 1.807) is 13.8 Å². The molecular formula is C17H24F3N3O4S. The molecule has 0 spiro atoms. The quantitative estimate of drug-likeness (QED) is 0.762. The Hall–Kier alpha value is -2.01. The van der Waals surface area contributed by atoms with Crippen LogP contribution in [0.2, 0.25) is 0 Å². The van der Waals surface area contributed by atoms with E-state index in [1.165, 1.54) is 4.90 Å². The maximum Gasteiger partial charge on any atom is 0.419 e. The lowest BCUT2D eigenvalue weighted by Crippen LogP contribution is -2.48. The van der Waals surface area contributed by atoms with Crippen molar-refractivity contribution in [1.82, 2.24) is 9.62 Å². The van der Waals surface area contributed by atoms with Gasteiger partial charge >= 0.3 is 12.2 Å². The normalized spacial score (nSPS) is 16.3. The fraction of sp³-hybridized carbons (Fsp3) is 0.588. The average Bonchev–Trinajstić information content (AvgIpc) is 2.60. The highest BCUT2D eigenvalue weighted by molar-refractivity contribution is 7.90. The minimum Gasteiger partial charge on any atom is -0.496 e. The highest BCUT2D eigenvalue weighted by atomic mass is 32.2. The van der Waals surface area contributed by atoms with E-state index in [1.807, 2.05) is 0 Å². The van der Waals surface area contributed by atoms with Gasteiger partial charge in [0.15, 0.2) is 0 Å². The van der Waals surface area contributed by atoms with E-state index in [4.69, 9.17) is 4.74 Å². The number of ether oxygens (including phenoxy) is 1. The van der Waals surface area contributed by atoms with Gasteiger partial charge in [0.25, 0.3) is 0 Å². The summed E-state index contributed by atoms with van der Waals surface area (Å²) in [5.41, 5.74) is -0.747. The van der Waals surface area contributed by atoms with Gasteiger partial charge in [0.2, 0.25) is 10.0 Å². The van der Waals surface area contributed by atoms with Crippen LogP contribution in [-0.2, 0) is 16.2 Å². The summed E-state index contributed by atoms with van der Waals surface area (Å²) in [6, 6.07) is 2.41. The molecular weight excluding hydrogens is 399 g/mol. The Morgan fingerprint density at radius 2 is 1.86 bits per heavy atom. The second-order valence-electron chi connectivity index (χ2n) is 6.82. The van der Waals surface area contributed by atoms with E-state index < -0.39 is 33.0 Å². The van der Waals surface area contributed by atoms with Crippen molar-refractivity contribution in [1.29, 1.82) is 0 Å². The first kappa shape index (κ1) is 22.3. The monoisotopic (exact) mass is 423 g/mol. The lowest BCUT2D eigenvalue weighted by atomic mass is 10.1. The molecule has 2 amide bonds. The molecule has 2 N–H and O–H groups in total. The third kappa shape index (κ3) is 5.51. The molecule has 1 aliphatic heterocycles. The number of rotatable bonds is 5. The maximum absolute atomic E-state index is 12.9. The molecule has 1 aromatic rings. The fourth-order valence-corrected chi connectivity index (χ4v) is 3.75. The molecule has 1 heterocycles. The lowest BCUT2D eigenvalue weighted by molar-refractivity contribution is -0.138. The number of nitrogens with one attached hydrogen (secondary N) is 2. The topological polar surface area (TPSA) is 87.7 Å². The minimum absolute atomic E-state index is 0.178. The lowest BCUT2D eigenvalue weighted by Gasteiger charge is -2.32. The molecule has 1 fully saturated rings. The Morgan fingerprint density at radius 3 is 2.36 bits per heavy atom. The Bertz CT molecular complexity index is 804. The number of carbonyl (C=O) groups is 1. The number of benzene rings is 1. The largest absolute Gasteiger partial charge is 0.496 e. The van der Waals surface area contributed by atoms with Crippen molar-refractivity contribution in [3.8, 4) is 5.75 Å². The van der Waals surface area contributed by atoms with Crippen LogP contribution in [0.5, 0.6) is 5.75 Å². The highest BCUT2D eigenvalue weighted by Gasteiger charge is 2.34. The van der Waals surface area contributed by atoms with Gasteiger partial charge in [-0.1, -0.05) is 0 Å². The van der Waals surface area contributed by atoms with E-state index in [9.17, 15) is 26.4 Å². The number of hydrogen-bond donors (Lipinski definition) is 2. The van der Waals surface area contributed by atoms with Gasteiger partial charge < -0.3 is 15.0 Å². The number of hydrogen-bond acceptors (Lipinski definition) is 4. The molecule has 0 atom stereocenters. The summed E-state index contributed by atoms with van der Waals surface area (Å²) < 4.78 is 69.9. The van der Waals surface area contributed by atoms with Crippen LogP contribution in [0.25, 0.3) is 0 Å². The van der Waals surface area contributed by atoms with E-state index in [-0.39, 0.29) is 17.5 Å². The summed E-state index contributed by atoms with van der Waals surface area (Å²) in [5.74, 6) is -0.382. The van der Waals surface area contributed by atoms with Crippen molar-refractivity contribution in [3.63, 3.8) is 0 Å². The summed E-state index contributed by atoms with van der Waals surface area (Å²) >= 11 is 0. The van der Waals surface area contributed by atoms with Crippen molar-refractivity contribution < 1.29 is 31.1 Å². The van der Waals surface area contributed by atoms with Crippen LogP contribution >= 0.6 is 0 Å². The molecule has 0 saturated carbocycles. The SMILES string of the molecule is COc1cc(NC(=O)N2CCC(NS(=O)(=O)C(C)C)CC2)ccc1C(F)(F)F. The molecule has 7 nitrogen and oxygen atoms in total. The van der Waals surface area contributed by atoms with Crippen LogP contribution in [0.3, 0.4) is 0 Å². The third-order valence-electron chi connectivity index (χ3n) is 4.49. The molecule has 1 saturated heterocycles. The number of likely N-dealkylation sites (tertiary alicyclic amines) is 1. The van der Waals surface area contributed by atoms with Crippen molar-refractivity contribution in [3.05, 3.63) is 23.8 Å². The highest BCUT2D eigenvalue weighted by Crippen LogP contribution is 2.37. The van der Waals surface area contributed by atoms with E-state index >= 15 is 0 Å². The Balaban J connectivity index is 1.96. The zero-order valence-corrected chi connectivity index (χ0v) is 16.7. The van der Waals surface area contributed by atoms with Gasteiger partial charge in [0, 0.05) is 30.9 Å². The Morgan fingerprint density at radius 1 is 1.25 bits per heavy atom. The molecule has 0 radical (unpaired) electrons. The van der Waals surface area contributed by atoms with Gasteiger partial charge in [-0.25, -0.2) is 17.9 Å². The molecule has 11 heteroatoms. The summed E-state index contributed by atoms with van der Waals surface area (Å²) in [5, 5.41) is 2.01. The van der Waals surface area contributed by atoms with E-state index in [0.717, 1.165) is 25.3 Å². The van der Waals surface area contributed by atoms with E-state index in [0.29, 0.717) is 25.9 Å². The van der Waals surface area contributed by atoms with Crippen molar-refractivity contribution >= 4 is 21.7 Å². The standard InChI is InChI=1S/C17H24F3N3O4S/c1-11(2)28(25,26)22-12-6-8-23(9-7-12)16(24)21-13-4-5-14(17(18,19)20)15(10-13)27-3/h4-5,10-12,22H,6-9H2,1-3H3,(H,21,24). The van der Waals surface area contributed by atoms with Gasteiger partial charge in [0.1, 0.15) is 5.75 Å². The molecule has 1 aliphatic rings. The van der Waals surface area contributed by atoms with Crippen LogP contribution in [0.15, 0.2) is 18.2 Å². The molecule has 0 aliphatic carbocycles. The maximum atomic E-state index is 12.9. The first-order valence-corrected chi connectivity index (χ1v) is 10.3. The molecule has 2 rings (SSSR count). The number of nitrogens with zero attached hydrogens (tertiary/aromatic N) is 1. The van der Waals surface area contributed by atoms with Crippen LogP contribution < -0.4 is 14.8 Å². The Labute approximate surface area is 162 Å². The zero-order valence-electron chi connectivity index (χ0n) is 15.8. The number of piperidine rings is 1. The van der Waals surface area contributed by atoms with Gasteiger partial charge in [-0.15, -0.1) is 0 Å². The predicted octanol–water partition coefficient (Wildman–Crippen LogP) is 3.04. The fourth-order valence-electron chi connectivity index (χ4n) is 2.77. The van der Waals surface area contributed by atoms with E-state index in [2.05, 4.69) is 10.0 Å². The summed E-state index contributed by atoms with van der Waals surface area (Å²) in [7, 11) is -2.26. The summed E-state index contributed by atoms with van der Waals surface area (Å²) in [6.45, 7) is 3.83. The van der Waals surface area contributed by atoms with Gasteiger partial charge in [-0.3, -0.25) is 0 Å². The number of urea groups is 1. The second-order valence-corrected chi connectivity index (χ2v) is 9.08. The predicted molar refractivity (Wildman–Crippen MR) is 98.8 cm³/mol. The molecule has 1 aromatic carbocycles. The number of halogens is 3. The van der Waals surface area contributed by atoms with Crippen molar-refractivity contribution in [2.75, 3.05) is 25.5 Å². The van der Waals surface area contributed by atoms with Crippen LogP contribution in [0.1, 0.15) is 32.3 Å². The number of carbonyl (C=O) groups excluding carboxylic acids is 1. The van der Waals surface area contributed by atoms with Gasteiger partial charge in [0.05, 0.1) is 17.9 Å². The first-order valence-electron chi connectivity index (χ1n) is 8.76. The van der Waals surface area contributed by atoms with Gasteiger partial charge in [-0.05, 0) is 38.8 Å². The Kier molecular flexibility index (Phi) is 6.81. The summed E-state index contributed by atoms with van der Waals surface area (Å²) in [6.07, 6.45) is -3.65. The number of methoxy groups -OCH3 is 1. The van der Waals surface area contributed by atoms with Crippen molar-refractivity contribution in [2.24, 2.45) is 0 Å². The number of anilines is 1. The van der Waals surface area contributed by atoms with Crippen LogP contribution in [0, 0.1) is 0 Å².